The molecule has 0 spiro atoms. The Morgan fingerprint density at radius 1 is 1.35 bits per heavy atom. The van der Waals surface area contributed by atoms with Gasteiger partial charge in [0, 0.05) is 51.9 Å². The minimum Gasteiger partial charge on any atom is -0.379 e. The molecule has 0 radical (unpaired) electrons. The Kier molecular flexibility index (Phi) is 5.33. The van der Waals surface area contributed by atoms with Gasteiger partial charge in [-0.15, -0.1) is 0 Å². The zero-order chi connectivity index (χ0) is 16.2. The van der Waals surface area contributed by atoms with Gasteiger partial charge in [0.1, 0.15) is 0 Å². The van der Waals surface area contributed by atoms with E-state index in [4.69, 9.17) is 4.74 Å². The second kappa shape index (κ2) is 7.45. The highest BCUT2D eigenvalue weighted by Crippen LogP contribution is 2.26. The summed E-state index contributed by atoms with van der Waals surface area (Å²) in [4.78, 5) is 17.2. The molecule has 128 valence electrons. The first-order valence-corrected chi connectivity index (χ1v) is 8.74. The molecule has 0 unspecified atom stereocenters. The largest absolute Gasteiger partial charge is 0.379 e. The molecule has 0 N–H and O–H groups in total. The fourth-order valence-corrected chi connectivity index (χ4v) is 3.79. The summed E-state index contributed by atoms with van der Waals surface area (Å²) < 4.78 is 7.25. The molecule has 3 rings (SSSR count). The lowest BCUT2D eigenvalue weighted by atomic mass is 9.99. The van der Waals surface area contributed by atoms with Crippen molar-refractivity contribution in [1.29, 1.82) is 0 Å². The summed E-state index contributed by atoms with van der Waals surface area (Å²) >= 11 is 0. The molecule has 0 bridgehead atoms. The molecule has 1 aromatic rings. The summed E-state index contributed by atoms with van der Waals surface area (Å²) in [5, 5.41) is 4.16. The van der Waals surface area contributed by atoms with Crippen LogP contribution in [0.2, 0.25) is 0 Å². The Balaban J connectivity index is 1.54. The minimum absolute atomic E-state index is 0.281. The SMILES string of the molecule is CC[C@H]1CN(C(=O)CCc2cnn(C)c2)C[C@@H]1N1CCOCC1. The van der Waals surface area contributed by atoms with Gasteiger partial charge >= 0.3 is 0 Å². The number of nitrogens with zero attached hydrogens (tertiary/aromatic N) is 4. The predicted octanol–water partition coefficient (Wildman–Crippen LogP) is 0.922. The average Bonchev–Trinajstić information content (AvgIpc) is 3.19. The molecule has 3 heterocycles. The van der Waals surface area contributed by atoms with Gasteiger partial charge in [0.2, 0.25) is 5.91 Å². The van der Waals surface area contributed by atoms with E-state index in [1.54, 1.807) is 4.68 Å². The van der Waals surface area contributed by atoms with E-state index in [1.807, 2.05) is 19.4 Å². The van der Waals surface area contributed by atoms with Crippen LogP contribution in [-0.2, 0) is 23.0 Å². The number of hydrogen-bond donors (Lipinski definition) is 0. The standard InChI is InChI=1S/C17H28N4O2/c1-3-15-12-21(13-16(15)20-6-8-23-9-7-20)17(22)5-4-14-10-18-19(2)11-14/h10-11,15-16H,3-9,12-13H2,1-2H3/t15-,16-/m0/s1. The number of aryl methyl sites for hydroxylation is 2. The van der Waals surface area contributed by atoms with Crippen LogP contribution in [0, 0.1) is 5.92 Å². The quantitative estimate of drug-likeness (QED) is 0.810. The molecule has 2 saturated heterocycles. The molecule has 0 aromatic carbocycles. The number of amides is 1. The van der Waals surface area contributed by atoms with Gasteiger partial charge in [0.25, 0.3) is 0 Å². The Bertz CT molecular complexity index is 524. The maximum atomic E-state index is 12.6. The third kappa shape index (κ3) is 3.93. The van der Waals surface area contributed by atoms with Gasteiger partial charge in [-0.1, -0.05) is 13.3 Å². The first-order chi connectivity index (χ1) is 11.2. The first-order valence-electron chi connectivity index (χ1n) is 8.74. The van der Waals surface area contributed by atoms with E-state index < -0.39 is 0 Å². The van der Waals surface area contributed by atoms with Gasteiger partial charge in [-0.2, -0.15) is 5.10 Å². The second-order valence-corrected chi connectivity index (χ2v) is 6.70. The van der Waals surface area contributed by atoms with Crippen LogP contribution in [-0.4, -0.2) is 70.9 Å². The molecular weight excluding hydrogens is 292 g/mol. The molecule has 23 heavy (non-hydrogen) atoms. The summed E-state index contributed by atoms with van der Waals surface area (Å²) in [6.45, 7) is 7.66. The minimum atomic E-state index is 0.281. The second-order valence-electron chi connectivity index (χ2n) is 6.70. The van der Waals surface area contributed by atoms with Crippen LogP contribution < -0.4 is 0 Å². The molecule has 1 aromatic heterocycles. The Morgan fingerprint density at radius 2 is 2.13 bits per heavy atom. The number of carbonyl (C=O) groups excluding carboxylic acids is 1. The zero-order valence-corrected chi connectivity index (χ0v) is 14.3. The monoisotopic (exact) mass is 320 g/mol. The van der Waals surface area contributed by atoms with E-state index in [1.165, 1.54) is 0 Å². The molecular formula is C17H28N4O2. The fourth-order valence-electron chi connectivity index (χ4n) is 3.79. The Morgan fingerprint density at radius 3 is 2.78 bits per heavy atom. The number of hydrogen-bond acceptors (Lipinski definition) is 4. The van der Waals surface area contributed by atoms with Gasteiger partial charge < -0.3 is 9.64 Å². The van der Waals surface area contributed by atoms with Crippen LogP contribution in [0.4, 0.5) is 0 Å². The van der Waals surface area contributed by atoms with Gasteiger partial charge in [-0.3, -0.25) is 14.4 Å². The first kappa shape index (κ1) is 16.5. The van der Waals surface area contributed by atoms with Crippen LogP contribution in [0.1, 0.15) is 25.3 Å². The van der Waals surface area contributed by atoms with Crippen molar-refractivity contribution in [2.24, 2.45) is 13.0 Å². The van der Waals surface area contributed by atoms with Crippen LogP contribution in [0.3, 0.4) is 0 Å². The summed E-state index contributed by atoms with van der Waals surface area (Å²) in [5.41, 5.74) is 1.14. The summed E-state index contributed by atoms with van der Waals surface area (Å²) in [6.07, 6.45) is 6.33. The van der Waals surface area contributed by atoms with Crippen LogP contribution in [0.25, 0.3) is 0 Å². The van der Waals surface area contributed by atoms with Gasteiger partial charge in [0.05, 0.1) is 19.4 Å². The van der Waals surface area contributed by atoms with Crippen LogP contribution in [0.5, 0.6) is 0 Å². The number of ether oxygens (including phenoxy) is 1. The lowest BCUT2D eigenvalue weighted by Crippen LogP contribution is -2.47. The van der Waals surface area contributed by atoms with Gasteiger partial charge in [-0.05, 0) is 17.9 Å². The molecule has 0 saturated carbocycles. The number of rotatable bonds is 5. The molecule has 2 aliphatic rings. The predicted molar refractivity (Wildman–Crippen MR) is 88.1 cm³/mol. The average molecular weight is 320 g/mol. The molecule has 2 atom stereocenters. The van der Waals surface area contributed by atoms with Crippen LogP contribution in [0.15, 0.2) is 12.4 Å². The normalized spacial score (nSPS) is 25.9. The van der Waals surface area contributed by atoms with E-state index in [2.05, 4.69) is 21.8 Å². The summed E-state index contributed by atoms with van der Waals surface area (Å²) in [6, 6.07) is 0.506. The highest BCUT2D eigenvalue weighted by Gasteiger charge is 2.37. The Hall–Kier alpha value is -1.40. The molecule has 2 aliphatic heterocycles. The van der Waals surface area contributed by atoms with Crippen molar-refractivity contribution in [2.45, 2.75) is 32.2 Å². The van der Waals surface area contributed by atoms with E-state index in [9.17, 15) is 4.79 Å². The number of likely N-dealkylation sites (tertiary alicyclic amines) is 1. The van der Waals surface area contributed by atoms with Crippen molar-refractivity contribution in [3.05, 3.63) is 18.0 Å². The van der Waals surface area contributed by atoms with Crippen LogP contribution >= 0.6 is 0 Å². The molecule has 6 heteroatoms. The molecule has 1 amide bonds. The van der Waals surface area contributed by atoms with Crippen molar-refractivity contribution >= 4 is 5.91 Å². The van der Waals surface area contributed by atoms with Crippen molar-refractivity contribution in [3.8, 4) is 0 Å². The van der Waals surface area contributed by atoms with E-state index in [0.29, 0.717) is 18.4 Å². The highest BCUT2D eigenvalue weighted by molar-refractivity contribution is 5.76. The summed E-state index contributed by atoms with van der Waals surface area (Å²) in [7, 11) is 1.91. The van der Waals surface area contributed by atoms with Crippen molar-refractivity contribution in [2.75, 3.05) is 39.4 Å². The fraction of sp³-hybridized carbons (Fsp3) is 0.765. The Labute approximate surface area is 138 Å². The lowest BCUT2D eigenvalue weighted by Gasteiger charge is -2.34. The van der Waals surface area contributed by atoms with E-state index >= 15 is 0 Å². The lowest BCUT2D eigenvalue weighted by molar-refractivity contribution is -0.130. The third-order valence-electron chi connectivity index (χ3n) is 5.18. The molecule has 6 nitrogen and oxygen atoms in total. The highest BCUT2D eigenvalue weighted by atomic mass is 16.5. The van der Waals surface area contributed by atoms with Gasteiger partial charge in [-0.25, -0.2) is 0 Å². The summed E-state index contributed by atoms with van der Waals surface area (Å²) in [5.74, 6) is 0.874. The number of morpholine rings is 1. The molecule has 2 fully saturated rings. The van der Waals surface area contributed by atoms with Crippen molar-refractivity contribution < 1.29 is 9.53 Å². The maximum absolute atomic E-state index is 12.6. The molecule has 0 aliphatic carbocycles. The van der Waals surface area contributed by atoms with E-state index in [0.717, 1.165) is 57.8 Å². The zero-order valence-electron chi connectivity index (χ0n) is 14.3. The number of carbonyl (C=O) groups is 1. The van der Waals surface area contributed by atoms with Crippen molar-refractivity contribution in [3.63, 3.8) is 0 Å². The third-order valence-corrected chi connectivity index (χ3v) is 5.18. The number of aromatic nitrogens is 2. The topological polar surface area (TPSA) is 50.6 Å². The van der Waals surface area contributed by atoms with E-state index in [-0.39, 0.29) is 5.91 Å². The smallest absolute Gasteiger partial charge is 0.222 e. The van der Waals surface area contributed by atoms with Gasteiger partial charge in [0.15, 0.2) is 0 Å². The van der Waals surface area contributed by atoms with Crippen molar-refractivity contribution in [1.82, 2.24) is 19.6 Å². The maximum Gasteiger partial charge on any atom is 0.222 e.